The molecule has 0 spiro atoms. The summed E-state index contributed by atoms with van der Waals surface area (Å²) in [6.45, 7) is 2.99. The number of morpholine rings is 1. The van der Waals surface area contributed by atoms with E-state index < -0.39 is 0 Å². The molecule has 0 radical (unpaired) electrons. The van der Waals surface area contributed by atoms with Gasteiger partial charge in [-0.2, -0.15) is 0 Å². The molecular formula is C12H14ClNO4. The van der Waals surface area contributed by atoms with Crippen molar-refractivity contribution in [1.29, 1.82) is 0 Å². The molecule has 0 aliphatic carbocycles. The molecule has 2 heterocycles. The number of hydrogen-bond acceptors (Lipinski definition) is 5. The third-order valence-corrected chi connectivity index (χ3v) is 3.40. The van der Waals surface area contributed by atoms with Crippen LogP contribution in [0.25, 0.3) is 0 Å². The summed E-state index contributed by atoms with van der Waals surface area (Å²) in [5.74, 6) is 0.982. The fraction of sp³-hybridized carbons (Fsp3) is 0.500. The first kappa shape index (κ1) is 11.9. The highest BCUT2D eigenvalue weighted by Gasteiger charge is 2.27. The van der Waals surface area contributed by atoms with Crippen molar-refractivity contribution >= 4 is 11.6 Å². The summed E-state index contributed by atoms with van der Waals surface area (Å²) < 4.78 is 16.5. The highest BCUT2D eigenvalue weighted by molar-refractivity contribution is 6.34. The predicted octanol–water partition coefficient (Wildman–Crippen LogP) is 1.48. The standard InChI is InChI=1S/C12H14ClNO4/c13-10-11(15)7(9-6-14-1-2-16-9)5-8-12(10)18-4-3-17-8/h5,9,14-15H,1-4,6H2. The van der Waals surface area contributed by atoms with Crippen molar-refractivity contribution in [2.45, 2.75) is 6.10 Å². The number of ether oxygens (including phenoxy) is 3. The van der Waals surface area contributed by atoms with Crippen LogP contribution in [0.5, 0.6) is 17.2 Å². The Kier molecular flexibility index (Phi) is 3.20. The maximum atomic E-state index is 10.1. The molecule has 2 aliphatic rings. The molecule has 0 aromatic heterocycles. The molecule has 1 fully saturated rings. The minimum Gasteiger partial charge on any atom is -0.506 e. The molecule has 0 saturated carbocycles. The van der Waals surface area contributed by atoms with Crippen LogP contribution in [-0.2, 0) is 4.74 Å². The minimum absolute atomic E-state index is 0.00890. The van der Waals surface area contributed by atoms with Gasteiger partial charge in [0.05, 0.1) is 12.7 Å². The molecule has 1 unspecified atom stereocenters. The summed E-state index contributed by atoms with van der Waals surface area (Å²) in [4.78, 5) is 0. The van der Waals surface area contributed by atoms with E-state index in [-0.39, 0.29) is 16.9 Å². The first-order valence-corrected chi connectivity index (χ1v) is 6.28. The summed E-state index contributed by atoms with van der Waals surface area (Å²) in [5.41, 5.74) is 0.636. The second-order valence-electron chi connectivity index (χ2n) is 4.22. The number of hydrogen-bond donors (Lipinski definition) is 2. The van der Waals surface area contributed by atoms with E-state index >= 15 is 0 Å². The van der Waals surface area contributed by atoms with Gasteiger partial charge < -0.3 is 24.6 Å². The van der Waals surface area contributed by atoms with Crippen molar-refractivity contribution in [2.24, 2.45) is 0 Å². The van der Waals surface area contributed by atoms with Crippen LogP contribution in [0.4, 0.5) is 0 Å². The van der Waals surface area contributed by atoms with Crippen LogP contribution in [0.2, 0.25) is 5.02 Å². The molecular weight excluding hydrogens is 258 g/mol. The highest BCUT2D eigenvalue weighted by atomic mass is 35.5. The van der Waals surface area contributed by atoms with Gasteiger partial charge >= 0.3 is 0 Å². The van der Waals surface area contributed by atoms with Gasteiger partial charge in [0.25, 0.3) is 0 Å². The highest BCUT2D eigenvalue weighted by Crippen LogP contribution is 2.47. The Morgan fingerprint density at radius 2 is 2.11 bits per heavy atom. The van der Waals surface area contributed by atoms with Crippen LogP contribution in [0.3, 0.4) is 0 Å². The van der Waals surface area contributed by atoms with Crippen molar-refractivity contribution in [3.8, 4) is 17.2 Å². The largest absolute Gasteiger partial charge is 0.506 e. The van der Waals surface area contributed by atoms with Gasteiger partial charge in [0, 0.05) is 18.7 Å². The molecule has 5 nitrogen and oxygen atoms in total. The molecule has 1 aromatic carbocycles. The lowest BCUT2D eigenvalue weighted by atomic mass is 10.1. The summed E-state index contributed by atoms with van der Waals surface area (Å²) in [6, 6.07) is 1.74. The summed E-state index contributed by atoms with van der Waals surface area (Å²) in [7, 11) is 0. The first-order chi connectivity index (χ1) is 8.77. The number of benzene rings is 1. The zero-order valence-corrected chi connectivity index (χ0v) is 10.5. The van der Waals surface area contributed by atoms with Gasteiger partial charge in [-0.05, 0) is 6.07 Å². The van der Waals surface area contributed by atoms with Crippen molar-refractivity contribution in [2.75, 3.05) is 32.9 Å². The van der Waals surface area contributed by atoms with E-state index in [9.17, 15) is 5.11 Å². The fourth-order valence-electron chi connectivity index (χ4n) is 2.17. The Balaban J connectivity index is 2.01. The number of halogens is 1. The van der Waals surface area contributed by atoms with Crippen LogP contribution in [-0.4, -0.2) is 38.0 Å². The topological polar surface area (TPSA) is 60.0 Å². The quantitative estimate of drug-likeness (QED) is 0.810. The van der Waals surface area contributed by atoms with Crippen molar-refractivity contribution in [3.05, 3.63) is 16.7 Å². The van der Waals surface area contributed by atoms with Gasteiger partial charge in [0.2, 0.25) is 0 Å². The van der Waals surface area contributed by atoms with E-state index in [1.54, 1.807) is 6.07 Å². The van der Waals surface area contributed by atoms with Gasteiger partial charge in [-0.15, -0.1) is 0 Å². The molecule has 2 N–H and O–H groups in total. The number of phenolic OH excluding ortho intramolecular Hbond substituents is 1. The predicted molar refractivity (Wildman–Crippen MR) is 65.7 cm³/mol. The zero-order chi connectivity index (χ0) is 12.5. The van der Waals surface area contributed by atoms with Gasteiger partial charge in [-0.3, -0.25) is 0 Å². The maximum absolute atomic E-state index is 10.1. The second-order valence-corrected chi connectivity index (χ2v) is 4.59. The molecule has 98 valence electrons. The average molecular weight is 272 g/mol. The molecule has 6 heteroatoms. The normalized spacial score (nSPS) is 22.8. The summed E-state index contributed by atoms with van der Waals surface area (Å²) in [6.07, 6.45) is -0.216. The number of nitrogens with one attached hydrogen (secondary N) is 1. The lowest BCUT2D eigenvalue weighted by molar-refractivity contribution is 0.0259. The number of phenols is 1. The van der Waals surface area contributed by atoms with Crippen LogP contribution >= 0.6 is 11.6 Å². The smallest absolute Gasteiger partial charge is 0.183 e. The Bertz CT molecular complexity index is 460. The minimum atomic E-state index is -0.216. The average Bonchev–Trinajstić information content (AvgIpc) is 2.44. The van der Waals surface area contributed by atoms with E-state index in [4.69, 9.17) is 25.8 Å². The van der Waals surface area contributed by atoms with Gasteiger partial charge in [-0.1, -0.05) is 11.6 Å². The third-order valence-electron chi connectivity index (χ3n) is 3.05. The molecule has 0 bridgehead atoms. The lowest BCUT2D eigenvalue weighted by Crippen LogP contribution is -2.33. The van der Waals surface area contributed by atoms with Gasteiger partial charge in [0.15, 0.2) is 11.5 Å². The molecule has 2 aliphatic heterocycles. The second kappa shape index (κ2) is 4.84. The zero-order valence-electron chi connectivity index (χ0n) is 9.74. The summed E-state index contributed by atoms with van der Waals surface area (Å²) in [5, 5.41) is 13.5. The molecule has 1 atom stereocenters. The number of aromatic hydroxyl groups is 1. The van der Waals surface area contributed by atoms with Crippen molar-refractivity contribution in [1.82, 2.24) is 5.32 Å². The Hall–Kier alpha value is -1.17. The first-order valence-electron chi connectivity index (χ1n) is 5.90. The number of fused-ring (bicyclic) bond motifs is 1. The number of rotatable bonds is 1. The van der Waals surface area contributed by atoms with Gasteiger partial charge in [-0.25, -0.2) is 0 Å². The molecule has 3 rings (SSSR count). The lowest BCUT2D eigenvalue weighted by Gasteiger charge is -2.27. The molecule has 1 saturated heterocycles. The van der Waals surface area contributed by atoms with E-state index in [1.165, 1.54) is 0 Å². The monoisotopic (exact) mass is 271 g/mol. The third kappa shape index (κ3) is 1.98. The molecule has 0 amide bonds. The van der Waals surface area contributed by atoms with E-state index in [0.29, 0.717) is 43.4 Å². The van der Waals surface area contributed by atoms with Crippen LogP contribution < -0.4 is 14.8 Å². The van der Waals surface area contributed by atoms with E-state index in [0.717, 1.165) is 6.54 Å². The van der Waals surface area contributed by atoms with Crippen molar-refractivity contribution < 1.29 is 19.3 Å². The van der Waals surface area contributed by atoms with Gasteiger partial charge in [0.1, 0.15) is 24.0 Å². The Morgan fingerprint density at radius 1 is 1.28 bits per heavy atom. The van der Waals surface area contributed by atoms with Crippen LogP contribution in [0, 0.1) is 0 Å². The van der Waals surface area contributed by atoms with Crippen molar-refractivity contribution in [3.63, 3.8) is 0 Å². The van der Waals surface area contributed by atoms with E-state index in [1.807, 2.05) is 0 Å². The fourth-order valence-corrected chi connectivity index (χ4v) is 2.42. The molecule has 18 heavy (non-hydrogen) atoms. The Morgan fingerprint density at radius 3 is 2.89 bits per heavy atom. The van der Waals surface area contributed by atoms with E-state index in [2.05, 4.69) is 5.32 Å². The Labute approximate surface area is 110 Å². The maximum Gasteiger partial charge on any atom is 0.183 e. The van der Waals surface area contributed by atoms with Crippen LogP contribution in [0.1, 0.15) is 11.7 Å². The summed E-state index contributed by atoms with van der Waals surface area (Å²) >= 11 is 6.10. The SMILES string of the molecule is Oc1c(C2CNCCO2)cc2c(c1Cl)OCCO2. The molecule has 1 aromatic rings. The van der Waals surface area contributed by atoms with Crippen LogP contribution in [0.15, 0.2) is 6.07 Å².